The van der Waals surface area contributed by atoms with Gasteiger partial charge in [0.15, 0.2) is 0 Å². The van der Waals surface area contributed by atoms with Gasteiger partial charge in [-0.15, -0.1) is 0 Å². The lowest BCUT2D eigenvalue weighted by molar-refractivity contribution is 0.0284. The van der Waals surface area contributed by atoms with Crippen LogP contribution in [0.4, 0.5) is 9.59 Å². The van der Waals surface area contributed by atoms with E-state index >= 15 is 0 Å². The number of fused-ring (bicyclic) bond motifs is 1. The highest BCUT2D eigenvalue weighted by molar-refractivity contribution is 5.69. The van der Waals surface area contributed by atoms with Crippen molar-refractivity contribution in [1.82, 2.24) is 10.2 Å². The first kappa shape index (κ1) is 16.6. The molecule has 0 spiro atoms. The fourth-order valence-electron chi connectivity index (χ4n) is 3.02. The number of carbonyl (C=O) groups excluding carboxylic acids is 2. The zero-order valence-electron chi connectivity index (χ0n) is 13.8. The molecule has 22 heavy (non-hydrogen) atoms. The number of amides is 2. The Hall–Kier alpha value is -1.72. The number of alkyl carbamates (subject to hydrolysis) is 1. The molecule has 1 saturated heterocycles. The molecule has 0 aromatic heterocycles. The van der Waals surface area contributed by atoms with Crippen molar-refractivity contribution < 1.29 is 19.1 Å². The van der Waals surface area contributed by atoms with Crippen LogP contribution < -0.4 is 5.32 Å². The van der Waals surface area contributed by atoms with Gasteiger partial charge in [0, 0.05) is 31.0 Å². The smallest absolute Gasteiger partial charge is 0.410 e. The summed E-state index contributed by atoms with van der Waals surface area (Å²) in [7, 11) is 0. The summed E-state index contributed by atoms with van der Waals surface area (Å²) in [5.74, 6) is 0.468. The molecule has 0 aromatic rings. The summed E-state index contributed by atoms with van der Waals surface area (Å²) >= 11 is 0. The van der Waals surface area contributed by atoms with Crippen molar-refractivity contribution in [1.29, 1.82) is 0 Å². The molecule has 3 unspecified atom stereocenters. The number of nitrogens with zero attached hydrogens (tertiary/aromatic N) is 1. The lowest BCUT2D eigenvalue weighted by Crippen LogP contribution is -2.44. The van der Waals surface area contributed by atoms with Gasteiger partial charge in [0.2, 0.25) is 0 Å². The largest absolute Gasteiger partial charge is 0.450 e. The second-order valence-corrected chi connectivity index (χ2v) is 6.85. The monoisotopic (exact) mass is 310 g/mol. The third-order valence-electron chi connectivity index (χ3n) is 3.93. The summed E-state index contributed by atoms with van der Waals surface area (Å²) < 4.78 is 10.4. The van der Waals surface area contributed by atoms with Crippen LogP contribution in [0.2, 0.25) is 0 Å². The predicted molar refractivity (Wildman–Crippen MR) is 82.5 cm³/mol. The molecule has 1 fully saturated rings. The molecule has 0 saturated carbocycles. The van der Waals surface area contributed by atoms with E-state index in [1.54, 1.807) is 11.8 Å². The van der Waals surface area contributed by atoms with E-state index in [2.05, 4.69) is 17.5 Å². The molecule has 1 N–H and O–H groups in total. The fraction of sp³-hybridized carbons (Fsp3) is 0.750. The maximum absolute atomic E-state index is 12.2. The summed E-state index contributed by atoms with van der Waals surface area (Å²) in [5, 5.41) is 2.91. The Kier molecular flexibility index (Phi) is 4.98. The molecule has 6 heteroatoms. The van der Waals surface area contributed by atoms with E-state index in [1.165, 1.54) is 0 Å². The van der Waals surface area contributed by atoms with Crippen LogP contribution in [0.3, 0.4) is 0 Å². The molecule has 124 valence electrons. The minimum atomic E-state index is -0.497. The Morgan fingerprint density at radius 1 is 1.32 bits per heavy atom. The molecule has 1 aliphatic heterocycles. The highest BCUT2D eigenvalue weighted by Crippen LogP contribution is 2.33. The molecule has 2 amide bonds. The highest BCUT2D eigenvalue weighted by atomic mass is 16.6. The van der Waals surface area contributed by atoms with E-state index in [9.17, 15) is 9.59 Å². The lowest BCUT2D eigenvalue weighted by atomic mass is 9.83. The number of carbonyl (C=O) groups is 2. The average molecular weight is 310 g/mol. The van der Waals surface area contributed by atoms with Gasteiger partial charge in [0.1, 0.15) is 5.60 Å². The Bertz CT molecular complexity index is 456. The second-order valence-electron chi connectivity index (χ2n) is 6.85. The van der Waals surface area contributed by atoms with Crippen LogP contribution in [0.15, 0.2) is 12.2 Å². The third kappa shape index (κ3) is 4.15. The first-order valence-corrected chi connectivity index (χ1v) is 7.88. The summed E-state index contributed by atoms with van der Waals surface area (Å²) in [6.07, 6.45) is 4.29. The van der Waals surface area contributed by atoms with Crippen LogP contribution in [-0.4, -0.2) is 48.4 Å². The molecule has 1 heterocycles. The lowest BCUT2D eigenvalue weighted by Gasteiger charge is -2.29. The van der Waals surface area contributed by atoms with Gasteiger partial charge in [0.25, 0.3) is 0 Å². The average Bonchev–Trinajstić information content (AvgIpc) is 2.82. The van der Waals surface area contributed by atoms with Gasteiger partial charge < -0.3 is 19.7 Å². The van der Waals surface area contributed by atoms with Crippen LogP contribution in [0.25, 0.3) is 0 Å². The normalized spacial score (nSPS) is 27.3. The maximum Gasteiger partial charge on any atom is 0.410 e. The van der Waals surface area contributed by atoms with Crippen molar-refractivity contribution in [2.24, 2.45) is 11.8 Å². The van der Waals surface area contributed by atoms with Crippen molar-refractivity contribution >= 4 is 12.2 Å². The van der Waals surface area contributed by atoms with Crippen LogP contribution >= 0.6 is 0 Å². The van der Waals surface area contributed by atoms with Gasteiger partial charge in [-0.25, -0.2) is 9.59 Å². The number of nitrogens with one attached hydrogen (secondary N) is 1. The molecule has 0 bridgehead atoms. The standard InChI is InChI=1S/C16H26N2O4/c1-5-21-14(19)17-13-8-6-7-11-9-18(10-12(11)13)15(20)22-16(2,3)4/h6-7,11-13H,5,8-10H2,1-4H3,(H,17,19). The molecule has 2 aliphatic rings. The Balaban J connectivity index is 1.97. The predicted octanol–water partition coefficient (Wildman–Crippen LogP) is 2.54. The van der Waals surface area contributed by atoms with Gasteiger partial charge in [-0.05, 0) is 34.1 Å². The molecule has 3 atom stereocenters. The quantitative estimate of drug-likeness (QED) is 0.796. The highest BCUT2D eigenvalue weighted by Gasteiger charge is 2.41. The van der Waals surface area contributed by atoms with Crippen LogP contribution in [0.1, 0.15) is 34.1 Å². The van der Waals surface area contributed by atoms with E-state index in [-0.39, 0.29) is 24.0 Å². The zero-order valence-corrected chi connectivity index (χ0v) is 13.8. The Morgan fingerprint density at radius 2 is 2.05 bits per heavy atom. The number of ether oxygens (including phenoxy) is 2. The van der Waals surface area contributed by atoms with Gasteiger partial charge in [-0.3, -0.25) is 0 Å². The van der Waals surface area contributed by atoms with Crippen molar-refractivity contribution in [3.63, 3.8) is 0 Å². The molecule has 0 radical (unpaired) electrons. The SMILES string of the molecule is CCOC(=O)NC1CC=CC2CN(C(=O)OC(C)(C)C)CC21. The third-order valence-corrected chi connectivity index (χ3v) is 3.93. The molecule has 0 aromatic carbocycles. The van der Waals surface area contributed by atoms with Crippen LogP contribution in [-0.2, 0) is 9.47 Å². The molecular formula is C16H26N2O4. The first-order valence-electron chi connectivity index (χ1n) is 7.88. The van der Waals surface area contributed by atoms with Gasteiger partial charge >= 0.3 is 12.2 Å². The van der Waals surface area contributed by atoms with E-state index in [1.807, 2.05) is 20.8 Å². The van der Waals surface area contributed by atoms with Crippen LogP contribution in [0.5, 0.6) is 0 Å². The summed E-state index contributed by atoms with van der Waals surface area (Å²) in [4.78, 5) is 25.6. The molecule has 2 rings (SSSR count). The Morgan fingerprint density at radius 3 is 2.68 bits per heavy atom. The molecule has 1 aliphatic carbocycles. The van der Waals surface area contributed by atoms with Gasteiger partial charge in [0.05, 0.1) is 6.61 Å². The van der Waals surface area contributed by atoms with E-state index in [0.29, 0.717) is 19.7 Å². The van der Waals surface area contributed by atoms with E-state index in [4.69, 9.17) is 9.47 Å². The number of rotatable bonds is 2. The van der Waals surface area contributed by atoms with Gasteiger partial charge in [-0.1, -0.05) is 12.2 Å². The second kappa shape index (κ2) is 6.58. The van der Waals surface area contributed by atoms with E-state index in [0.717, 1.165) is 6.42 Å². The minimum absolute atomic E-state index is 0.00138. The number of hydrogen-bond acceptors (Lipinski definition) is 4. The van der Waals surface area contributed by atoms with Crippen LogP contribution in [0, 0.1) is 11.8 Å². The van der Waals surface area contributed by atoms with Crippen molar-refractivity contribution in [2.75, 3.05) is 19.7 Å². The van der Waals surface area contributed by atoms with Gasteiger partial charge in [-0.2, -0.15) is 0 Å². The minimum Gasteiger partial charge on any atom is -0.450 e. The fourth-order valence-corrected chi connectivity index (χ4v) is 3.02. The zero-order chi connectivity index (χ0) is 16.3. The summed E-state index contributed by atoms with van der Waals surface area (Å²) in [6, 6.07) is 0.00138. The Labute approximate surface area is 131 Å². The van der Waals surface area contributed by atoms with Crippen molar-refractivity contribution in [3.05, 3.63) is 12.2 Å². The topological polar surface area (TPSA) is 67.9 Å². The van der Waals surface area contributed by atoms with Crippen molar-refractivity contribution in [3.8, 4) is 0 Å². The summed E-state index contributed by atoms with van der Waals surface area (Å²) in [6.45, 7) is 8.95. The first-order chi connectivity index (χ1) is 10.3. The molecular weight excluding hydrogens is 284 g/mol. The summed E-state index contributed by atoms with van der Waals surface area (Å²) in [5.41, 5.74) is -0.497. The van der Waals surface area contributed by atoms with E-state index < -0.39 is 11.7 Å². The maximum atomic E-state index is 12.2. The molecule has 6 nitrogen and oxygen atoms in total. The number of likely N-dealkylation sites (tertiary alicyclic amines) is 1. The van der Waals surface area contributed by atoms with Crippen molar-refractivity contribution in [2.45, 2.75) is 45.8 Å². The number of hydrogen-bond donors (Lipinski definition) is 1.